The maximum absolute atomic E-state index is 13.6. The zero-order chi connectivity index (χ0) is 23.1. The smallest absolute Gasteiger partial charge is 0.335 e. The van der Waals surface area contributed by atoms with Gasteiger partial charge >= 0.3 is 5.97 Å². The average molecular weight is 474 g/mol. The minimum atomic E-state index is -3.76. The predicted molar refractivity (Wildman–Crippen MR) is 128 cm³/mol. The zero-order valence-electron chi connectivity index (χ0n) is 17.4. The molecule has 3 rings (SSSR count). The lowest BCUT2D eigenvalue weighted by Gasteiger charge is -2.20. The SMILES string of the molecule is CCCCNc1cc(C(=O)O)cc(S(=N)(=O)Nc2ccccc2Cl)c1Oc1ccccc1. The summed E-state index contributed by atoms with van der Waals surface area (Å²) in [5, 5.41) is 13.1. The van der Waals surface area contributed by atoms with Crippen molar-refractivity contribution < 1.29 is 18.8 Å². The fraction of sp³-hybridized carbons (Fsp3) is 0.174. The van der Waals surface area contributed by atoms with Crippen LogP contribution in [0.5, 0.6) is 11.5 Å². The number of ether oxygens (including phenoxy) is 1. The average Bonchev–Trinajstić information content (AvgIpc) is 2.76. The molecule has 9 heteroatoms. The largest absolute Gasteiger partial charge is 0.478 e. The molecule has 3 aromatic carbocycles. The molecule has 0 spiro atoms. The number of carboxylic acid groups (broad SMARTS) is 1. The fourth-order valence-electron chi connectivity index (χ4n) is 2.94. The molecule has 0 aliphatic rings. The van der Waals surface area contributed by atoms with Crippen LogP contribution >= 0.6 is 11.6 Å². The number of unbranched alkanes of at least 4 members (excludes halogenated alkanes) is 1. The van der Waals surface area contributed by atoms with E-state index in [9.17, 15) is 14.1 Å². The molecule has 168 valence electrons. The number of carboxylic acids is 1. The van der Waals surface area contributed by atoms with Gasteiger partial charge in [-0.05, 0) is 42.8 Å². The number of hydrogen-bond donors (Lipinski definition) is 4. The van der Waals surface area contributed by atoms with Crippen LogP contribution in [-0.4, -0.2) is 21.8 Å². The Bertz CT molecular complexity index is 1200. The number of halogens is 1. The molecule has 4 N–H and O–H groups in total. The lowest BCUT2D eigenvalue weighted by molar-refractivity contribution is 0.0696. The predicted octanol–water partition coefficient (Wildman–Crippen LogP) is 6.48. The molecule has 1 atom stereocenters. The Morgan fingerprint density at radius 1 is 1.09 bits per heavy atom. The lowest BCUT2D eigenvalue weighted by atomic mass is 10.1. The van der Waals surface area contributed by atoms with Crippen molar-refractivity contribution in [3.05, 3.63) is 77.3 Å². The number of anilines is 2. The van der Waals surface area contributed by atoms with Gasteiger partial charge in [-0.1, -0.05) is 55.3 Å². The Morgan fingerprint density at radius 3 is 2.44 bits per heavy atom. The molecule has 0 aromatic heterocycles. The number of para-hydroxylation sites is 2. The van der Waals surface area contributed by atoms with E-state index < -0.39 is 15.9 Å². The summed E-state index contributed by atoms with van der Waals surface area (Å²) in [5.74, 6) is -0.621. The van der Waals surface area contributed by atoms with Crippen molar-refractivity contribution in [3.8, 4) is 11.5 Å². The molecule has 0 heterocycles. The zero-order valence-corrected chi connectivity index (χ0v) is 19.0. The highest BCUT2D eigenvalue weighted by molar-refractivity contribution is 7.93. The molecular formula is C23H24ClN3O4S. The van der Waals surface area contributed by atoms with Crippen LogP contribution in [-0.2, 0) is 9.92 Å². The Labute approximate surface area is 192 Å². The van der Waals surface area contributed by atoms with E-state index in [1.165, 1.54) is 12.1 Å². The van der Waals surface area contributed by atoms with E-state index in [4.69, 9.17) is 21.1 Å². The molecule has 0 saturated heterocycles. The van der Waals surface area contributed by atoms with E-state index in [-0.39, 0.29) is 21.2 Å². The minimum absolute atomic E-state index is 0.0971. The van der Waals surface area contributed by atoms with Gasteiger partial charge in [-0.25, -0.2) is 13.8 Å². The van der Waals surface area contributed by atoms with Crippen molar-refractivity contribution >= 4 is 38.9 Å². The molecule has 0 fully saturated rings. The Hall–Kier alpha value is -3.23. The van der Waals surface area contributed by atoms with Crippen molar-refractivity contribution in [3.63, 3.8) is 0 Å². The van der Waals surface area contributed by atoms with Gasteiger partial charge in [0.25, 0.3) is 0 Å². The van der Waals surface area contributed by atoms with E-state index in [1.54, 1.807) is 48.5 Å². The van der Waals surface area contributed by atoms with Crippen LogP contribution in [0, 0.1) is 4.78 Å². The molecule has 0 radical (unpaired) electrons. The highest BCUT2D eigenvalue weighted by Crippen LogP contribution is 2.39. The number of rotatable bonds is 10. The van der Waals surface area contributed by atoms with E-state index in [0.29, 0.717) is 23.7 Å². The second-order valence-corrected chi connectivity index (χ2v) is 9.15. The first-order valence-corrected chi connectivity index (χ1v) is 11.9. The molecule has 0 saturated carbocycles. The quantitative estimate of drug-likeness (QED) is 0.252. The Kier molecular flexibility index (Phi) is 7.61. The van der Waals surface area contributed by atoms with Gasteiger partial charge in [-0.3, -0.25) is 4.72 Å². The molecule has 7 nitrogen and oxygen atoms in total. The summed E-state index contributed by atoms with van der Waals surface area (Å²) in [4.78, 5) is 11.7. The van der Waals surface area contributed by atoms with Crippen LogP contribution in [0.15, 0.2) is 71.6 Å². The van der Waals surface area contributed by atoms with Gasteiger partial charge in [0.1, 0.15) is 10.6 Å². The summed E-state index contributed by atoms with van der Waals surface area (Å²) in [6.07, 6.45) is 1.77. The van der Waals surface area contributed by atoms with Gasteiger partial charge < -0.3 is 15.2 Å². The van der Waals surface area contributed by atoms with Crippen LogP contribution < -0.4 is 14.8 Å². The van der Waals surface area contributed by atoms with E-state index in [2.05, 4.69) is 10.0 Å². The molecule has 0 bridgehead atoms. The number of nitrogens with one attached hydrogen (secondary N) is 3. The van der Waals surface area contributed by atoms with E-state index >= 15 is 0 Å². The van der Waals surface area contributed by atoms with Gasteiger partial charge in [0.2, 0.25) is 0 Å². The normalized spacial score (nSPS) is 12.6. The van der Waals surface area contributed by atoms with Crippen molar-refractivity contribution in [2.24, 2.45) is 0 Å². The van der Waals surface area contributed by atoms with Crippen molar-refractivity contribution in [1.82, 2.24) is 0 Å². The maximum atomic E-state index is 13.6. The monoisotopic (exact) mass is 473 g/mol. The van der Waals surface area contributed by atoms with E-state index in [0.717, 1.165) is 12.8 Å². The topological polar surface area (TPSA) is 112 Å². The number of benzene rings is 3. The van der Waals surface area contributed by atoms with Crippen LogP contribution in [0.1, 0.15) is 30.1 Å². The van der Waals surface area contributed by atoms with Gasteiger partial charge in [-0.2, -0.15) is 0 Å². The lowest BCUT2D eigenvalue weighted by Crippen LogP contribution is -2.15. The summed E-state index contributed by atoms with van der Waals surface area (Å²) < 4.78 is 30.9. The fourth-order valence-corrected chi connectivity index (χ4v) is 4.48. The van der Waals surface area contributed by atoms with Gasteiger partial charge in [0.05, 0.1) is 22.0 Å². The van der Waals surface area contributed by atoms with Crippen LogP contribution in [0.25, 0.3) is 0 Å². The molecule has 1 unspecified atom stereocenters. The molecular weight excluding hydrogens is 450 g/mol. The first-order valence-electron chi connectivity index (χ1n) is 10.0. The number of hydrogen-bond acceptors (Lipinski definition) is 5. The summed E-state index contributed by atoms with van der Waals surface area (Å²) >= 11 is 6.18. The molecule has 32 heavy (non-hydrogen) atoms. The van der Waals surface area contributed by atoms with Crippen LogP contribution in [0.2, 0.25) is 5.02 Å². The Balaban J connectivity index is 2.16. The first-order chi connectivity index (χ1) is 15.3. The summed E-state index contributed by atoms with van der Waals surface area (Å²) in [6.45, 7) is 2.59. The van der Waals surface area contributed by atoms with Gasteiger partial charge in [0.15, 0.2) is 15.7 Å². The highest BCUT2D eigenvalue weighted by Gasteiger charge is 2.24. The second kappa shape index (κ2) is 10.4. The van der Waals surface area contributed by atoms with Crippen LogP contribution in [0.4, 0.5) is 11.4 Å². The molecule has 0 amide bonds. The summed E-state index contributed by atoms with van der Waals surface area (Å²) in [6, 6.07) is 18.1. The second-order valence-electron chi connectivity index (χ2n) is 6.99. The minimum Gasteiger partial charge on any atom is -0.478 e. The third-order valence-corrected chi connectivity index (χ3v) is 6.31. The summed E-state index contributed by atoms with van der Waals surface area (Å²) in [5.41, 5.74) is 0.527. The third-order valence-electron chi connectivity index (χ3n) is 4.55. The van der Waals surface area contributed by atoms with Gasteiger partial charge in [-0.15, -0.1) is 0 Å². The molecule has 3 aromatic rings. The number of carbonyl (C=O) groups is 1. The molecule has 0 aliphatic heterocycles. The van der Waals surface area contributed by atoms with Gasteiger partial charge in [0, 0.05) is 6.54 Å². The highest BCUT2D eigenvalue weighted by atomic mass is 35.5. The maximum Gasteiger partial charge on any atom is 0.335 e. The van der Waals surface area contributed by atoms with E-state index in [1.807, 2.05) is 13.0 Å². The van der Waals surface area contributed by atoms with Crippen LogP contribution in [0.3, 0.4) is 0 Å². The molecule has 0 aliphatic carbocycles. The number of aromatic carboxylic acids is 1. The standard InChI is InChI=1S/C23H24ClN3O4S/c1-2-3-13-26-20-14-16(23(28)29)15-21(22(20)31-17-9-5-4-6-10-17)32(25,30)27-19-12-8-7-11-18(19)24/h4-12,14-15,26H,2-3,13H2,1H3,(H,28,29)(H2,25,27,30). The third kappa shape index (κ3) is 5.72. The van der Waals surface area contributed by atoms with Crippen molar-refractivity contribution in [2.75, 3.05) is 16.6 Å². The summed E-state index contributed by atoms with van der Waals surface area (Å²) in [7, 11) is -3.76. The van der Waals surface area contributed by atoms with Crippen molar-refractivity contribution in [2.45, 2.75) is 24.7 Å². The first kappa shape index (κ1) is 23.4. The van der Waals surface area contributed by atoms with Crippen molar-refractivity contribution in [1.29, 1.82) is 4.78 Å². The Morgan fingerprint density at radius 2 is 1.78 bits per heavy atom.